The van der Waals surface area contributed by atoms with Gasteiger partial charge in [-0.25, -0.2) is 4.79 Å². The molecule has 240 valence electrons. The van der Waals surface area contributed by atoms with Crippen LogP contribution in [0.1, 0.15) is 49.0 Å². The van der Waals surface area contributed by atoms with Crippen LogP contribution in [0.25, 0.3) is 0 Å². The van der Waals surface area contributed by atoms with Crippen LogP contribution in [0.15, 0.2) is 36.4 Å². The minimum atomic E-state index is -5.08. The summed E-state index contributed by atoms with van der Waals surface area (Å²) >= 11 is 12.6. The molecule has 2 aromatic rings. The van der Waals surface area contributed by atoms with Gasteiger partial charge in [0.15, 0.2) is 5.96 Å². The molecule has 0 saturated carbocycles. The second-order valence-electron chi connectivity index (χ2n) is 10.0. The van der Waals surface area contributed by atoms with Crippen LogP contribution in [-0.4, -0.2) is 65.3 Å². The van der Waals surface area contributed by atoms with Crippen LogP contribution in [-0.2, 0) is 19.9 Å². The van der Waals surface area contributed by atoms with Crippen LogP contribution < -0.4 is 15.4 Å². The van der Waals surface area contributed by atoms with Crippen molar-refractivity contribution in [3.63, 3.8) is 0 Å². The number of nitrogens with zero attached hydrogens (tertiary/aromatic N) is 1. The Balaban J connectivity index is 0.000000676. The monoisotopic (exact) mass is 668 g/mol. The van der Waals surface area contributed by atoms with Gasteiger partial charge < -0.3 is 25.2 Å². The van der Waals surface area contributed by atoms with Crippen LogP contribution in [0.5, 0.6) is 5.75 Å². The quantitative estimate of drug-likeness (QED) is 0.276. The first-order chi connectivity index (χ1) is 20.4. The largest absolute Gasteiger partial charge is 0.490 e. The first-order valence-electron chi connectivity index (χ1n) is 12.9. The van der Waals surface area contributed by atoms with E-state index in [1.165, 1.54) is 29.2 Å². The number of alkyl halides is 5. The van der Waals surface area contributed by atoms with E-state index < -0.39 is 30.2 Å². The van der Waals surface area contributed by atoms with Gasteiger partial charge in [0.05, 0.1) is 34.3 Å². The third-order valence-corrected chi connectivity index (χ3v) is 7.36. The average Bonchev–Trinajstić information content (AvgIpc) is 2.90. The zero-order valence-electron chi connectivity index (χ0n) is 23.1. The molecule has 17 heteroatoms. The zero-order chi connectivity index (χ0) is 33.0. The summed E-state index contributed by atoms with van der Waals surface area (Å²) in [4.78, 5) is 36.6. The first-order valence-corrected chi connectivity index (χ1v) is 13.6. The lowest BCUT2D eigenvalue weighted by Crippen LogP contribution is -2.63. The third-order valence-electron chi connectivity index (χ3n) is 6.72. The molecule has 4 rings (SSSR count). The van der Waals surface area contributed by atoms with Crippen molar-refractivity contribution < 1.29 is 50.9 Å². The molecule has 4 N–H and O–H groups in total. The molecule has 2 amide bonds. The van der Waals surface area contributed by atoms with E-state index in [1.807, 2.05) is 6.92 Å². The Bertz CT molecular complexity index is 1410. The van der Waals surface area contributed by atoms with E-state index in [-0.39, 0.29) is 57.5 Å². The lowest BCUT2D eigenvalue weighted by atomic mass is 9.85. The highest BCUT2D eigenvalue weighted by Gasteiger charge is 2.44. The van der Waals surface area contributed by atoms with Gasteiger partial charge in [-0.2, -0.15) is 22.0 Å². The number of hydrogen-bond donors (Lipinski definition) is 4. The summed E-state index contributed by atoms with van der Waals surface area (Å²) in [5.41, 5.74) is -0.552. The molecule has 44 heavy (non-hydrogen) atoms. The Labute approximate surface area is 257 Å². The number of nitrogens with one attached hydrogen (secondary N) is 3. The molecule has 0 unspecified atom stereocenters. The molecule has 0 aliphatic carbocycles. The minimum Gasteiger partial charge on any atom is -0.475 e. The molecule has 10 nitrogen and oxygen atoms in total. The van der Waals surface area contributed by atoms with Gasteiger partial charge in [-0.15, -0.1) is 0 Å². The zero-order valence-corrected chi connectivity index (χ0v) is 24.6. The molecule has 2 fully saturated rings. The van der Waals surface area contributed by atoms with Crippen LogP contribution in [0.3, 0.4) is 0 Å². The van der Waals surface area contributed by atoms with Crippen LogP contribution in [0, 0.1) is 5.41 Å². The van der Waals surface area contributed by atoms with Gasteiger partial charge in [0.25, 0.3) is 5.91 Å². The summed E-state index contributed by atoms with van der Waals surface area (Å²) in [6, 6.07) is 8.45. The van der Waals surface area contributed by atoms with Crippen molar-refractivity contribution in [3.05, 3.63) is 57.6 Å². The average molecular weight is 669 g/mol. The van der Waals surface area contributed by atoms with Crippen molar-refractivity contribution in [3.8, 4) is 5.75 Å². The Kier molecular flexibility index (Phi) is 11.0. The smallest absolute Gasteiger partial charge is 0.475 e. The summed E-state index contributed by atoms with van der Waals surface area (Å²) in [5, 5.41) is 21.7. The van der Waals surface area contributed by atoms with Crippen LogP contribution >= 0.6 is 23.2 Å². The summed E-state index contributed by atoms with van der Waals surface area (Å²) in [5.74, 6) is -4.11. The number of guanidine groups is 1. The van der Waals surface area contributed by atoms with Gasteiger partial charge in [-0.1, -0.05) is 35.3 Å². The molecule has 2 saturated heterocycles. The predicted octanol–water partition coefficient (Wildman–Crippen LogP) is 6.02. The molecule has 2 aromatic carbocycles. The summed E-state index contributed by atoms with van der Waals surface area (Å²) < 4.78 is 67.4. The molecule has 2 heterocycles. The predicted molar refractivity (Wildman–Crippen MR) is 149 cm³/mol. The maximum atomic E-state index is 13.2. The van der Waals surface area contributed by atoms with E-state index in [4.69, 9.17) is 43.2 Å². The van der Waals surface area contributed by atoms with Crippen molar-refractivity contribution in [2.24, 2.45) is 0 Å². The Hall–Kier alpha value is -3.69. The minimum absolute atomic E-state index is 0.00602. The molecule has 0 aromatic heterocycles. The topological polar surface area (TPSA) is 141 Å². The number of benzene rings is 2. The highest BCUT2D eigenvalue weighted by atomic mass is 35.5. The first kappa shape index (κ1) is 34.8. The number of carboxylic acid groups (broad SMARTS) is 1. The van der Waals surface area contributed by atoms with E-state index in [0.29, 0.717) is 25.0 Å². The van der Waals surface area contributed by atoms with Crippen molar-refractivity contribution >= 4 is 52.6 Å². The second kappa shape index (κ2) is 13.9. The van der Waals surface area contributed by atoms with Crippen LogP contribution in [0.2, 0.25) is 10.0 Å². The molecule has 0 bridgehead atoms. The van der Waals surface area contributed by atoms with E-state index in [2.05, 4.69) is 15.4 Å². The van der Waals surface area contributed by atoms with E-state index in [0.717, 1.165) is 0 Å². The third kappa shape index (κ3) is 8.48. The highest BCUT2D eigenvalue weighted by Crippen LogP contribution is 2.39. The van der Waals surface area contributed by atoms with Crippen LogP contribution in [0.4, 0.5) is 27.6 Å². The number of aliphatic carboxylic acids is 1. The molecule has 2 aliphatic rings. The summed E-state index contributed by atoms with van der Waals surface area (Å²) in [6.45, 7) is 1.08. The number of anilines is 1. The maximum Gasteiger partial charge on any atom is 0.490 e. The van der Waals surface area contributed by atoms with E-state index >= 15 is 0 Å². The number of carbonyl (C=O) groups excluding carboxylic acids is 2. The van der Waals surface area contributed by atoms with Gasteiger partial charge in [-0.3, -0.25) is 19.9 Å². The van der Waals surface area contributed by atoms with Crippen molar-refractivity contribution in [2.75, 3.05) is 11.9 Å². The van der Waals surface area contributed by atoms with Gasteiger partial charge in [0.1, 0.15) is 5.75 Å². The number of amides is 2. The fraction of sp³-hybridized carbons (Fsp3) is 0.407. The molecule has 0 radical (unpaired) electrons. The number of carbonyl (C=O) groups is 3. The normalized spacial score (nSPS) is 22.1. The molecule has 3 atom stereocenters. The summed E-state index contributed by atoms with van der Waals surface area (Å²) in [7, 11) is 0. The molecular weight excluding hydrogens is 642 g/mol. The highest BCUT2D eigenvalue weighted by molar-refractivity contribution is 6.35. The molecule has 0 spiro atoms. The van der Waals surface area contributed by atoms with Crippen molar-refractivity contribution in [1.82, 2.24) is 10.2 Å². The maximum absolute atomic E-state index is 13.2. The Morgan fingerprint density at radius 1 is 1.25 bits per heavy atom. The van der Waals surface area contributed by atoms with Crippen molar-refractivity contribution in [1.29, 1.82) is 5.41 Å². The van der Waals surface area contributed by atoms with Gasteiger partial charge in [0.2, 0.25) is 5.91 Å². The lowest BCUT2D eigenvalue weighted by Gasteiger charge is -2.45. The number of hydrogen-bond acceptors (Lipinski definition) is 6. The lowest BCUT2D eigenvalue weighted by molar-refractivity contribution is -0.192. The van der Waals surface area contributed by atoms with E-state index in [1.54, 1.807) is 19.1 Å². The second-order valence-corrected chi connectivity index (χ2v) is 10.9. The fourth-order valence-corrected chi connectivity index (χ4v) is 5.31. The Morgan fingerprint density at radius 2 is 1.91 bits per heavy atom. The fourth-order valence-electron chi connectivity index (χ4n) is 4.76. The van der Waals surface area contributed by atoms with Crippen molar-refractivity contribution in [2.45, 2.75) is 63.6 Å². The number of rotatable bonds is 6. The number of ether oxygens (including phenoxy) is 2. The molecular formula is C27H27Cl2F5N4O6. The van der Waals surface area contributed by atoms with E-state index in [9.17, 15) is 31.5 Å². The number of halogens is 7. The molecule has 2 aliphatic heterocycles. The van der Waals surface area contributed by atoms with Gasteiger partial charge >= 0.3 is 18.8 Å². The Morgan fingerprint density at radius 3 is 2.48 bits per heavy atom. The van der Waals surface area contributed by atoms with Gasteiger partial charge in [-0.05, 0) is 56.5 Å². The van der Waals surface area contributed by atoms with Gasteiger partial charge in [0, 0.05) is 17.7 Å². The summed E-state index contributed by atoms with van der Waals surface area (Å²) in [6.07, 6.45) is -3.79. The SMILES string of the molecule is C[C@@H]1C[C@H](N2C(=N)N[C@](C)(c3cccc(NC(=O)c4cc(Cl)ccc4OC(F)F)c3Cl)CC2=O)CCO1.O=C(O)C(F)(F)F. The number of carboxylic acids is 1. The standard InChI is InChI=1S/C25H26Cl2F2N4O4.C2HF3O2/c1-13-10-15(8-9-36-13)33-20(34)12-25(2,32-24(33)30)17-4-3-5-18(21(17)27)31-22(35)16-11-14(26)6-7-19(16)37-23(28)29;3-2(4,5)1(6)7/h3-7,11,13,15,23H,8-10,12H2,1-2H3,(H2,30,32)(H,31,35);(H,6,7)/t13-,15-,25+;/m1./s1.